The van der Waals surface area contributed by atoms with Crippen LogP contribution in [0.5, 0.6) is 0 Å². The number of nitrogens with zero attached hydrogens (tertiary/aromatic N) is 1. The van der Waals surface area contributed by atoms with Crippen molar-refractivity contribution >= 4 is 0 Å². The lowest BCUT2D eigenvalue weighted by atomic mass is 10.1. The van der Waals surface area contributed by atoms with E-state index in [-0.39, 0.29) is 5.54 Å². The molecular formula is C18H34N2O. The van der Waals surface area contributed by atoms with Crippen LogP contribution in [-0.2, 0) is 13.1 Å². The zero-order valence-electron chi connectivity index (χ0n) is 14.8. The number of nitrogens with one attached hydrogen (secondary N) is 1. The topological polar surface area (TPSA) is 28.4 Å². The molecule has 0 amide bonds. The van der Waals surface area contributed by atoms with Crippen LogP contribution in [0.25, 0.3) is 0 Å². The Hall–Kier alpha value is -0.800. The van der Waals surface area contributed by atoms with E-state index in [1.54, 1.807) is 0 Å². The lowest BCUT2D eigenvalue weighted by Gasteiger charge is -2.27. The third-order valence-corrected chi connectivity index (χ3v) is 3.77. The monoisotopic (exact) mass is 294 g/mol. The Kier molecular flexibility index (Phi) is 7.47. The summed E-state index contributed by atoms with van der Waals surface area (Å²) >= 11 is 0. The maximum atomic E-state index is 5.68. The van der Waals surface area contributed by atoms with E-state index in [4.69, 9.17) is 4.42 Å². The average Bonchev–Trinajstić information content (AvgIpc) is 2.81. The molecule has 0 aliphatic heterocycles. The maximum absolute atomic E-state index is 5.68. The van der Waals surface area contributed by atoms with Gasteiger partial charge in [0.1, 0.15) is 5.76 Å². The summed E-state index contributed by atoms with van der Waals surface area (Å²) in [7, 11) is 0. The molecule has 0 saturated heterocycles. The molecule has 3 nitrogen and oxygen atoms in total. The van der Waals surface area contributed by atoms with E-state index in [2.05, 4.69) is 57.8 Å². The van der Waals surface area contributed by atoms with Gasteiger partial charge in [0.05, 0.1) is 12.8 Å². The van der Waals surface area contributed by atoms with Crippen LogP contribution in [0, 0.1) is 0 Å². The van der Waals surface area contributed by atoms with Crippen molar-refractivity contribution < 1.29 is 4.42 Å². The van der Waals surface area contributed by atoms with Crippen LogP contribution in [0.2, 0.25) is 0 Å². The van der Waals surface area contributed by atoms with Crippen LogP contribution >= 0.6 is 0 Å². The second kappa shape index (κ2) is 8.60. The van der Waals surface area contributed by atoms with Gasteiger partial charge in [0.2, 0.25) is 0 Å². The van der Waals surface area contributed by atoms with Crippen molar-refractivity contribution in [1.82, 2.24) is 10.2 Å². The number of hydrogen-bond donors (Lipinski definition) is 1. The summed E-state index contributed by atoms with van der Waals surface area (Å²) in [4.78, 5) is 2.54. The number of rotatable bonds is 9. The van der Waals surface area contributed by atoms with Gasteiger partial charge in [-0.2, -0.15) is 0 Å². The van der Waals surface area contributed by atoms with Crippen LogP contribution < -0.4 is 5.32 Å². The van der Waals surface area contributed by atoms with Crippen molar-refractivity contribution in [3.8, 4) is 0 Å². The van der Waals surface area contributed by atoms with E-state index in [1.807, 2.05) is 6.26 Å². The highest BCUT2D eigenvalue weighted by molar-refractivity contribution is 5.17. The first kappa shape index (κ1) is 18.2. The van der Waals surface area contributed by atoms with Gasteiger partial charge in [0.25, 0.3) is 0 Å². The van der Waals surface area contributed by atoms with Crippen LogP contribution in [0.3, 0.4) is 0 Å². The Balaban J connectivity index is 2.60. The number of unbranched alkanes of at least 4 members (excludes halogenated alkanes) is 2. The molecule has 0 unspecified atom stereocenters. The van der Waals surface area contributed by atoms with Gasteiger partial charge in [-0.1, -0.05) is 19.8 Å². The predicted octanol–water partition coefficient (Wildman–Crippen LogP) is 4.57. The molecule has 0 spiro atoms. The summed E-state index contributed by atoms with van der Waals surface area (Å²) in [6, 6.07) is 2.69. The minimum Gasteiger partial charge on any atom is -0.468 e. The zero-order chi connectivity index (χ0) is 15.9. The first-order chi connectivity index (χ1) is 9.83. The predicted molar refractivity (Wildman–Crippen MR) is 90.4 cm³/mol. The number of hydrogen-bond acceptors (Lipinski definition) is 3. The molecule has 1 heterocycles. The third kappa shape index (κ3) is 7.14. The minimum atomic E-state index is 0.114. The van der Waals surface area contributed by atoms with Gasteiger partial charge in [-0.05, 0) is 53.7 Å². The van der Waals surface area contributed by atoms with Gasteiger partial charge in [0.15, 0.2) is 0 Å². The first-order valence-electron chi connectivity index (χ1n) is 8.37. The van der Waals surface area contributed by atoms with Crippen LogP contribution in [0.15, 0.2) is 16.7 Å². The van der Waals surface area contributed by atoms with Gasteiger partial charge >= 0.3 is 0 Å². The molecule has 0 saturated carbocycles. The standard InChI is InChI=1S/C18H34N2O/c1-7-8-9-11-20(15(2)3)14-16-10-12-21-17(16)13-19-18(4,5)6/h10,12,15,19H,7-9,11,13-14H2,1-6H3. The SMILES string of the molecule is CCCCCN(Cc1ccoc1CNC(C)(C)C)C(C)C. The highest BCUT2D eigenvalue weighted by atomic mass is 16.3. The minimum absolute atomic E-state index is 0.114. The van der Waals surface area contributed by atoms with Crippen molar-refractivity contribution in [2.24, 2.45) is 0 Å². The molecule has 0 atom stereocenters. The Labute approximate surface area is 131 Å². The second-order valence-electron chi connectivity index (χ2n) is 7.24. The summed E-state index contributed by atoms with van der Waals surface area (Å²) in [5, 5.41) is 3.51. The Bertz CT molecular complexity index is 390. The fraction of sp³-hybridized carbons (Fsp3) is 0.778. The van der Waals surface area contributed by atoms with Gasteiger partial charge < -0.3 is 9.73 Å². The lowest BCUT2D eigenvalue weighted by molar-refractivity contribution is 0.206. The van der Waals surface area contributed by atoms with E-state index in [1.165, 1.54) is 31.4 Å². The smallest absolute Gasteiger partial charge is 0.122 e. The summed E-state index contributed by atoms with van der Waals surface area (Å²) in [5.41, 5.74) is 1.43. The molecule has 1 rings (SSSR count). The van der Waals surface area contributed by atoms with Crippen molar-refractivity contribution in [3.05, 3.63) is 23.7 Å². The Morgan fingerprint density at radius 2 is 1.95 bits per heavy atom. The third-order valence-electron chi connectivity index (χ3n) is 3.77. The van der Waals surface area contributed by atoms with Gasteiger partial charge in [-0.25, -0.2) is 0 Å². The second-order valence-corrected chi connectivity index (χ2v) is 7.24. The summed E-state index contributed by atoms with van der Waals surface area (Å²) in [6.45, 7) is 16.3. The fourth-order valence-corrected chi connectivity index (χ4v) is 2.31. The summed E-state index contributed by atoms with van der Waals surface area (Å²) in [6.07, 6.45) is 5.69. The van der Waals surface area contributed by atoms with Gasteiger partial charge in [0, 0.05) is 23.7 Å². The average molecular weight is 294 g/mol. The van der Waals surface area contributed by atoms with Crippen LogP contribution in [0.1, 0.15) is 72.1 Å². The van der Waals surface area contributed by atoms with Crippen molar-refractivity contribution in [1.29, 1.82) is 0 Å². The zero-order valence-corrected chi connectivity index (χ0v) is 14.8. The molecule has 1 aromatic heterocycles. The van der Waals surface area contributed by atoms with E-state index in [0.29, 0.717) is 6.04 Å². The first-order valence-corrected chi connectivity index (χ1v) is 8.37. The van der Waals surface area contributed by atoms with E-state index >= 15 is 0 Å². The molecule has 0 aliphatic carbocycles. The van der Waals surface area contributed by atoms with Crippen molar-refractivity contribution in [2.75, 3.05) is 6.54 Å². The van der Waals surface area contributed by atoms with Crippen molar-refractivity contribution in [2.45, 2.75) is 85.5 Å². The summed E-state index contributed by atoms with van der Waals surface area (Å²) in [5.74, 6) is 1.08. The number of furan rings is 1. The molecule has 0 bridgehead atoms. The van der Waals surface area contributed by atoms with Crippen molar-refractivity contribution in [3.63, 3.8) is 0 Å². The summed E-state index contributed by atoms with van der Waals surface area (Å²) < 4.78 is 5.68. The molecule has 122 valence electrons. The molecule has 1 N–H and O–H groups in total. The molecule has 0 fully saturated rings. The van der Waals surface area contributed by atoms with Crippen LogP contribution in [0.4, 0.5) is 0 Å². The maximum Gasteiger partial charge on any atom is 0.122 e. The van der Waals surface area contributed by atoms with E-state index < -0.39 is 0 Å². The largest absolute Gasteiger partial charge is 0.468 e. The van der Waals surface area contributed by atoms with Crippen LogP contribution in [-0.4, -0.2) is 23.0 Å². The Morgan fingerprint density at radius 3 is 2.52 bits per heavy atom. The normalized spacial score (nSPS) is 12.6. The quantitative estimate of drug-likeness (QED) is 0.676. The van der Waals surface area contributed by atoms with Gasteiger partial charge in [-0.15, -0.1) is 0 Å². The molecule has 3 heteroatoms. The fourth-order valence-electron chi connectivity index (χ4n) is 2.31. The Morgan fingerprint density at radius 1 is 1.24 bits per heavy atom. The molecule has 1 aromatic rings. The highest BCUT2D eigenvalue weighted by Crippen LogP contribution is 2.17. The molecule has 21 heavy (non-hydrogen) atoms. The molecular weight excluding hydrogens is 260 g/mol. The molecule has 0 radical (unpaired) electrons. The highest BCUT2D eigenvalue weighted by Gasteiger charge is 2.16. The lowest BCUT2D eigenvalue weighted by Crippen LogP contribution is -2.35. The molecule has 0 aliphatic rings. The van der Waals surface area contributed by atoms with E-state index in [9.17, 15) is 0 Å². The van der Waals surface area contributed by atoms with E-state index in [0.717, 1.165) is 18.8 Å². The van der Waals surface area contributed by atoms with Gasteiger partial charge in [-0.3, -0.25) is 4.90 Å². The molecule has 0 aromatic carbocycles.